The molecule has 0 atom stereocenters. The van der Waals surface area contributed by atoms with Gasteiger partial charge >= 0.3 is 0 Å². The monoisotopic (exact) mass is 324 g/mol. The maximum absolute atomic E-state index is 11.7. The minimum Gasteiger partial charge on any atom is -0.493 e. The summed E-state index contributed by atoms with van der Waals surface area (Å²) < 4.78 is 10.4. The first kappa shape index (κ1) is 17.3. The third-order valence-corrected chi connectivity index (χ3v) is 3.30. The zero-order valence-corrected chi connectivity index (χ0v) is 13.9. The minimum absolute atomic E-state index is 0.299. The van der Waals surface area contributed by atoms with Gasteiger partial charge in [-0.15, -0.1) is 0 Å². The summed E-state index contributed by atoms with van der Waals surface area (Å²) in [5.74, 6) is 0.944. The van der Waals surface area contributed by atoms with Crippen LogP contribution in [-0.2, 0) is 4.79 Å². The van der Waals surface area contributed by atoms with E-state index in [2.05, 4.69) is 10.5 Å². The van der Waals surface area contributed by atoms with E-state index in [4.69, 9.17) is 9.47 Å². The Labute approximate surface area is 141 Å². The Morgan fingerprint density at radius 2 is 1.67 bits per heavy atom. The van der Waals surface area contributed by atoms with E-state index in [-0.39, 0.29) is 5.91 Å². The predicted molar refractivity (Wildman–Crippen MR) is 95.5 cm³/mol. The number of nitrogens with one attached hydrogen (secondary N) is 1. The second kappa shape index (κ2) is 8.53. The van der Waals surface area contributed by atoms with E-state index in [1.54, 1.807) is 38.6 Å². The van der Waals surface area contributed by atoms with Gasteiger partial charge in [0.25, 0.3) is 5.91 Å². The number of aryl methyl sites for hydroxylation is 1. The number of benzene rings is 2. The van der Waals surface area contributed by atoms with Gasteiger partial charge in [0.1, 0.15) is 0 Å². The van der Waals surface area contributed by atoms with Crippen LogP contribution in [-0.4, -0.2) is 26.3 Å². The van der Waals surface area contributed by atoms with Gasteiger partial charge in [0.15, 0.2) is 11.5 Å². The maximum Gasteiger partial charge on any atom is 0.264 e. The van der Waals surface area contributed by atoms with Crippen molar-refractivity contribution < 1.29 is 14.3 Å². The lowest BCUT2D eigenvalue weighted by Gasteiger charge is -2.07. The molecule has 2 aromatic carbocycles. The summed E-state index contributed by atoms with van der Waals surface area (Å²) in [7, 11) is 3.14. The fourth-order valence-electron chi connectivity index (χ4n) is 1.99. The Morgan fingerprint density at radius 1 is 1.00 bits per heavy atom. The van der Waals surface area contributed by atoms with E-state index in [0.29, 0.717) is 11.5 Å². The van der Waals surface area contributed by atoms with Crippen molar-refractivity contribution in [3.63, 3.8) is 0 Å². The zero-order valence-electron chi connectivity index (χ0n) is 13.9. The molecule has 0 unspecified atom stereocenters. The van der Waals surface area contributed by atoms with Crippen LogP contribution in [0.15, 0.2) is 53.6 Å². The van der Waals surface area contributed by atoms with Gasteiger partial charge in [0.05, 0.1) is 20.4 Å². The lowest BCUT2D eigenvalue weighted by atomic mass is 10.1. The highest BCUT2D eigenvalue weighted by Gasteiger charge is 2.03. The molecule has 2 aromatic rings. The van der Waals surface area contributed by atoms with Crippen molar-refractivity contribution in [3.05, 3.63) is 65.2 Å². The van der Waals surface area contributed by atoms with Crippen molar-refractivity contribution in [1.82, 2.24) is 5.43 Å². The van der Waals surface area contributed by atoms with Gasteiger partial charge in [0.2, 0.25) is 0 Å². The van der Waals surface area contributed by atoms with E-state index < -0.39 is 0 Å². The van der Waals surface area contributed by atoms with Crippen molar-refractivity contribution in [1.29, 1.82) is 0 Å². The SMILES string of the molecule is COc1ccc(C=NNC(=O)C=Cc2ccc(C)cc2)cc1OC. The third-order valence-electron chi connectivity index (χ3n) is 3.30. The summed E-state index contributed by atoms with van der Waals surface area (Å²) in [5, 5.41) is 3.93. The van der Waals surface area contributed by atoms with E-state index in [9.17, 15) is 4.79 Å². The number of hydrogen-bond donors (Lipinski definition) is 1. The average Bonchev–Trinajstić information content (AvgIpc) is 2.61. The zero-order chi connectivity index (χ0) is 17.4. The number of methoxy groups -OCH3 is 2. The molecule has 1 amide bonds. The number of rotatable bonds is 6. The second-order valence-electron chi connectivity index (χ2n) is 5.09. The molecule has 24 heavy (non-hydrogen) atoms. The van der Waals surface area contributed by atoms with E-state index >= 15 is 0 Å². The number of carbonyl (C=O) groups is 1. The summed E-state index contributed by atoms with van der Waals surface area (Å²) in [6, 6.07) is 13.3. The van der Waals surface area contributed by atoms with Crippen molar-refractivity contribution >= 4 is 18.2 Å². The van der Waals surface area contributed by atoms with Crippen LogP contribution < -0.4 is 14.9 Å². The summed E-state index contributed by atoms with van der Waals surface area (Å²) in [5.41, 5.74) is 5.37. The van der Waals surface area contributed by atoms with Crippen LogP contribution in [0.2, 0.25) is 0 Å². The quantitative estimate of drug-likeness (QED) is 0.504. The van der Waals surface area contributed by atoms with Crippen LogP contribution in [0.5, 0.6) is 11.5 Å². The van der Waals surface area contributed by atoms with Gasteiger partial charge in [-0.2, -0.15) is 5.10 Å². The van der Waals surface area contributed by atoms with Crippen LogP contribution in [0, 0.1) is 6.92 Å². The lowest BCUT2D eigenvalue weighted by molar-refractivity contribution is -0.116. The number of hydrogen-bond acceptors (Lipinski definition) is 4. The topological polar surface area (TPSA) is 59.9 Å². The smallest absolute Gasteiger partial charge is 0.264 e. The number of nitrogens with zero attached hydrogens (tertiary/aromatic N) is 1. The van der Waals surface area contributed by atoms with Gasteiger partial charge in [-0.1, -0.05) is 29.8 Å². The summed E-state index contributed by atoms with van der Waals surface area (Å²) in [6.07, 6.45) is 4.72. The minimum atomic E-state index is -0.299. The highest BCUT2D eigenvalue weighted by molar-refractivity contribution is 5.92. The van der Waals surface area contributed by atoms with Crippen molar-refractivity contribution in [2.75, 3.05) is 14.2 Å². The van der Waals surface area contributed by atoms with Gasteiger partial charge in [-0.25, -0.2) is 5.43 Å². The molecule has 0 radical (unpaired) electrons. The van der Waals surface area contributed by atoms with E-state index in [1.165, 1.54) is 11.6 Å². The second-order valence-corrected chi connectivity index (χ2v) is 5.09. The van der Waals surface area contributed by atoms with Gasteiger partial charge in [-0.3, -0.25) is 4.79 Å². The largest absolute Gasteiger partial charge is 0.493 e. The summed E-state index contributed by atoms with van der Waals surface area (Å²) in [6.45, 7) is 2.02. The Hall–Kier alpha value is -3.08. The van der Waals surface area contributed by atoms with Crippen molar-refractivity contribution in [2.24, 2.45) is 5.10 Å². The molecular formula is C19H20N2O3. The van der Waals surface area contributed by atoms with Crippen LogP contribution in [0.25, 0.3) is 6.08 Å². The highest BCUT2D eigenvalue weighted by atomic mass is 16.5. The van der Waals surface area contributed by atoms with Crippen LogP contribution in [0.1, 0.15) is 16.7 Å². The van der Waals surface area contributed by atoms with Crippen LogP contribution >= 0.6 is 0 Å². The standard InChI is InChI=1S/C19H20N2O3/c1-14-4-6-15(7-5-14)9-11-19(22)21-20-13-16-8-10-17(23-2)18(12-16)24-3/h4-13H,1-3H3,(H,21,22). The molecule has 0 aliphatic carbocycles. The van der Waals surface area contributed by atoms with E-state index in [1.807, 2.05) is 37.3 Å². The van der Waals surface area contributed by atoms with Gasteiger partial charge < -0.3 is 9.47 Å². The predicted octanol–water partition coefficient (Wildman–Crippen LogP) is 3.18. The first-order valence-electron chi connectivity index (χ1n) is 7.42. The summed E-state index contributed by atoms with van der Waals surface area (Å²) in [4.78, 5) is 11.7. The number of hydrazone groups is 1. The van der Waals surface area contributed by atoms with Crippen molar-refractivity contribution in [2.45, 2.75) is 6.92 Å². The Balaban J connectivity index is 1.93. The number of ether oxygens (including phenoxy) is 2. The maximum atomic E-state index is 11.7. The molecule has 0 aromatic heterocycles. The summed E-state index contributed by atoms with van der Waals surface area (Å²) >= 11 is 0. The molecule has 0 aliphatic heterocycles. The third kappa shape index (κ3) is 4.98. The Morgan fingerprint density at radius 3 is 2.33 bits per heavy atom. The molecule has 5 nitrogen and oxygen atoms in total. The average molecular weight is 324 g/mol. The Bertz CT molecular complexity index is 750. The lowest BCUT2D eigenvalue weighted by Crippen LogP contribution is -2.14. The molecule has 0 aliphatic rings. The molecule has 1 N–H and O–H groups in total. The molecule has 5 heteroatoms. The molecule has 0 bridgehead atoms. The number of carbonyl (C=O) groups excluding carboxylic acids is 1. The molecular weight excluding hydrogens is 304 g/mol. The Kier molecular flexibility index (Phi) is 6.14. The normalized spacial score (nSPS) is 11.0. The van der Waals surface area contributed by atoms with Crippen LogP contribution in [0.3, 0.4) is 0 Å². The molecule has 0 spiro atoms. The molecule has 124 valence electrons. The molecule has 0 saturated carbocycles. The molecule has 0 fully saturated rings. The van der Waals surface area contributed by atoms with Gasteiger partial charge in [-0.05, 0) is 42.3 Å². The number of amides is 1. The first-order chi connectivity index (χ1) is 11.6. The molecule has 2 rings (SSSR count). The fourth-order valence-corrected chi connectivity index (χ4v) is 1.99. The highest BCUT2D eigenvalue weighted by Crippen LogP contribution is 2.26. The van der Waals surface area contributed by atoms with Crippen LogP contribution in [0.4, 0.5) is 0 Å². The fraction of sp³-hybridized carbons (Fsp3) is 0.158. The van der Waals surface area contributed by atoms with Crippen molar-refractivity contribution in [3.8, 4) is 11.5 Å². The van der Waals surface area contributed by atoms with E-state index in [0.717, 1.165) is 11.1 Å². The molecule has 0 heterocycles. The first-order valence-corrected chi connectivity index (χ1v) is 7.42. The molecule has 0 saturated heterocycles. The van der Waals surface area contributed by atoms with Gasteiger partial charge in [0, 0.05) is 6.08 Å².